The number of nitrogens with zero attached hydrogens (tertiary/aromatic N) is 2. The Morgan fingerprint density at radius 1 is 1.27 bits per heavy atom. The van der Waals surface area contributed by atoms with E-state index in [0.29, 0.717) is 12.1 Å². The van der Waals surface area contributed by atoms with Gasteiger partial charge >= 0.3 is 0 Å². The van der Waals surface area contributed by atoms with Crippen LogP contribution in [0.2, 0.25) is 0 Å². The van der Waals surface area contributed by atoms with E-state index in [0.717, 1.165) is 0 Å². The molecule has 0 aromatic carbocycles. The summed E-state index contributed by atoms with van der Waals surface area (Å²) < 4.78 is 0. The molecule has 1 aromatic heterocycles. The van der Waals surface area contributed by atoms with Crippen LogP contribution in [0.1, 0.15) is 44.7 Å². The van der Waals surface area contributed by atoms with E-state index in [1.807, 2.05) is 12.4 Å². The summed E-state index contributed by atoms with van der Waals surface area (Å²) >= 11 is 0. The van der Waals surface area contributed by atoms with Crippen LogP contribution in [0.3, 0.4) is 0 Å². The summed E-state index contributed by atoms with van der Waals surface area (Å²) in [6.45, 7) is 5.82. The summed E-state index contributed by atoms with van der Waals surface area (Å²) in [5, 5.41) is 0. The average Bonchev–Trinajstić information content (AvgIpc) is 2.30. The summed E-state index contributed by atoms with van der Waals surface area (Å²) in [6, 6.07) is 5.57. The quantitative estimate of drug-likeness (QED) is 0.736. The van der Waals surface area contributed by atoms with Crippen molar-refractivity contribution in [2.75, 3.05) is 6.54 Å². The maximum Gasteiger partial charge on any atom is 0.0351 e. The maximum atomic E-state index is 4.09. The number of hydrogen-bond acceptors (Lipinski definition) is 2. The van der Waals surface area contributed by atoms with Crippen molar-refractivity contribution in [3.8, 4) is 0 Å². The number of aromatic nitrogens is 1. The van der Waals surface area contributed by atoms with E-state index in [9.17, 15) is 0 Å². The van der Waals surface area contributed by atoms with Gasteiger partial charge in [0.15, 0.2) is 0 Å². The first kappa shape index (κ1) is 10.6. The van der Waals surface area contributed by atoms with Crippen molar-refractivity contribution in [1.82, 2.24) is 9.88 Å². The van der Waals surface area contributed by atoms with Crippen LogP contribution in [0.5, 0.6) is 0 Å². The largest absolute Gasteiger partial charge is 0.294 e. The molecule has 1 fully saturated rings. The van der Waals surface area contributed by atoms with E-state index in [4.69, 9.17) is 0 Å². The highest BCUT2D eigenvalue weighted by Gasteiger charge is 2.25. The molecule has 2 heteroatoms. The van der Waals surface area contributed by atoms with Crippen molar-refractivity contribution >= 4 is 0 Å². The highest BCUT2D eigenvalue weighted by Crippen LogP contribution is 2.31. The molecule has 2 heterocycles. The Bertz CT molecular complexity index is 295. The van der Waals surface area contributed by atoms with Gasteiger partial charge in [-0.15, -0.1) is 0 Å². The highest BCUT2D eigenvalue weighted by atomic mass is 15.2. The number of pyridine rings is 1. The first-order chi connectivity index (χ1) is 7.29. The average molecular weight is 204 g/mol. The van der Waals surface area contributed by atoms with Gasteiger partial charge in [-0.3, -0.25) is 9.88 Å². The monoisotopic (exact) mass is 204 g/mol. The van der Waals surface area contributed by atoms with Crippen molar-refractivity contribution in [2.45, 2.75) is 45.2 Å². The zero-order valence-electron chi connectivity index (χ0n) is 9.69. The van der Waals surface area contributed by atoms with Gasteiger partial charge in [-0.05, 0) is 50.9 Å². The lowest BCUT2D eigenvalue weighted by atomic mass is 9.95. The zero-order valence-corrected chi connectivity index (χ0v) is 9.69. The predicted octanol–water partition coefficient (Wildman–Crippen LogP) is 3.02. The van der Waals surface area contributed by atoms with Crippen LogP contribution >= 0.6 is 0 Å². The Labute approximate surface area is 92.3 Å². The molecule has 0 spiro atoms. The molecule has 0 saturated carbocycles. The van der Waals surface area contributed by atoms with Crippen LogP contribution in [0, 0.1) is 0 Å². The van der Waals surface area contributed by atoms with E-state index in [1.165, 1.54) is 31.4 Å². The standard InChI is InChI=1S/C13H20N2/c1-11(2)15-10-4-3-5-13(15)12-6-8-14-9-7-12/h6-9,11,13H,3-5,10H2,1-2H3/t13-/m1/s1. The number of piperidine rings is 1. The van der Waals surface area contributed by atoms with Gasteiger partial charge in [0, 0.05) is 24.5 Å². The van der Waals surface area contributed by atoms with E-state index in [2.05, 4.69) is 35.9 Å². The predicted molar refractivity (Wildman–Crippen MR) is 62.7 cm³/mol. The fraction of sp³-hybridized carbons (Fsp3) is 0.615. The normalized spacial score (nSPS) is 23.3. The molecule has 0 bridgehead atoms. The minimum absolute atomic E-state index is 0.613. The Hall–Kier alpha value is -0.890. The van der Waals surface area contributed by atoms with Crippen LogP contribution < -0.4 is 0 Å². The van der Waals surface area contributed by atoms with Gasteiger partial charge < -0.3 is 0 Å². The van der Waals surface area contributed by atoms with E-state index in [1.54, 1.807) is 0 Å². The van der Waals surface area contributed by atoms with Gasteiger partial charge in [-0.25, -0.2) is 0 Å². The number of likely N-dealkylation sites (tertiary alicyclic amines) is 1. The minimum atomic E-state index is 0.613. The van der Waals surface area contributed by atoms with Crippen molar-refractivity contribution in [3.63, 3.8) is 0 Å². The van der Waals surface area contributed by atoms with E-state index < -0.39 is 0 Å². The Balaban J connectivity index is 2.18. The summed E-state index contributed by atoms with van der Waals surface area (Å²) in [5.74, 6) is 0. The minimum Gasteiger partial charge on any atom is -0.294 e. The van der Waals surface area contributed by atoms with Crippen molar-refractivity contribution in [1.29, 1.82) is 0 Å². The van der Waals surface area contributed by atoms with Gasteiger partial charge in [0.05, 0.1) is 0 Å². The molecule has 1 aliphatic rings. The third kappa shape index (κ3) is 2.37. The van der Waals surface area contributed by atoms with Crippen LogP contribution in [0.15, 0.2) is 24.5 Å². The highest BCUT2D eigenvalue weighted by molar-refractivity contribution is 5.16. The van der Waals surface area contributed by atoms with Crippen molar-refractivity contribution in [3.05, 3.63) is 30.1 Å². The zero-order chi connectivity index (χ0) is 10.7. The number of hydrogen-bond donors (Lipinski definition) is 0. The summed E-state index contributed by atoms with van der Waals surface area (Å²) in [7, 11) is 0. The molecule has 0 radical (unpaired) electrons. The Morgan fingerprint density at radius 3 is 2.67 bits per heavy atom. The molecule has 2 rings (SSSR count). The lowest BCUT2D eigenvalue weighted by molar-refractivity contribution is 0.112. The third-order valence-electron chi connectivity index (χ3n) is 3.30. The van der Waals surface area contributed by atoms with Gasteiger partial charge in [0.2, 0.25) is 0 Å². The SMILES string of the molecule is CC(C)N1CCCC[C@@H]1c1ccncc1. The molecule has 1 atom stereocenters. The van der Waals surface area contributed by atoms with Gasteiger partial charge in [-0.2, -0.15) is 0 Å². The lowest BCUT2D eigenvalue weighted by Gasteiger charge is -2.38. The third-order valence-corrected chi connectivity index (χ3v) is 3.30. The molecular formula is C13H20N2. The number of rotatable bonds is 2. The first-order valence-corrected chi connectivity index (χ1v) is 5.94. The molecule has 15 heavy (non-hydrogen) atoms. The molecule has 0 amide bonds. The fourth-order valence-corrected chi connectivity index (χ4v) is 2.52. The molecule has 82 valence electrons. The molecule has 1 saturated heterocycles. The lowest BCUT2D eigenvalue weighted by Crippen LogP contribution is -2.38. The molecule has 1 aromatic rings. The Kier molecular flexibility index (Phi) is 3.37. The summed E-state index contributed by atoms with van der Waals surface area (Å²) in [5.41, 5.74) is 1.43. The van der Waals surface area contributed by atoms with Crippen LogP contribution in [0.25, 0.3) is 0 Å². The second-order valence-electron chi connectivity index (χ2n) is 4.62. The maximum absolute atomic E-state index is 4.09. The molecule has 0 unspecified atom stereocenters. The smallest absolute Gasteiger partial charge is 0.0351 e. The van der Waals surface area contributed by atoms with Crippen LogP contribution in [-0.2, 0) is 0 Å². The van der Waals surface area contributed by atoms with Gasteiger partial charge in [0.25, 0.3) is 0 Å². The molecule has 0 N–H and O–H groups in total. The second-order valence-corrected chi connectivity index (χ2v) is 4.62. The molecule has 0 aliphatic carbocycles. The first-order valence-electron chi connectivity index (χ1n) is 5.94. The van der Waals surface area contributed by atoms with Crippen LogP contribution in [0.4, 0.5) is 0 Å². The molecule has 1 aliphatic heterocycles. The van der Waals surface area contributed by atoms with Crippen molar-refractivity contribution < 1.29 is 0 Å². The summed E-state index contributed by atoms with van der Waals surface area (Å²) in [6.07, 6.45) is 7.81. The van der Waals surface area contributed by atoms with Gasteiger partial charge in [0.1, 0.15) is 0 Å². The van der Waals surface area contributed by atoms with E-state index >= 15 is 0 Å². The topological polar surface area (TPSA) is 16.1 Å². The summed E-state index contributed by atoms with van der Waals surface area (Å²) in [4.78, 5) is 6.70. The molecular weight excluding hydrogens is 184 g/mol. The second kappa shape index (κ2) is 4.75. The van der Waals surface area contributed by atoms with Gasteiger partial charge in [-0.1, -0.05) is 6.42 Å². The Morgan fingerprint density at radius 2 is 2.00 bits per heavy atom. The van der Waals surface area contributed by atoms with Crippen LogP contribution in [-0.4, -0.2) is 22.5 Å². The fourth-order valence-electron chi connectivity index (χ4n) is 2.52. The molecule has 2 nitrogen and oxygen atoms in total. The van der Waals surface area contributed by atoms with E-state index in [-0.39, 0.29) is 0 Å². The van der Waals surface area contributed by atoms with Crippen molar-refractivity contribution in [2.24, 2.45) is 0 Å².